The van der Waals surface area contributed by atoms with Crippen molar-refractivity contribution < 1.29 is 14.3 Å². The second kappa shape index (κ2) is 8.15. The Morgan fingerprint density at radius 1 is 1.32 bits per heavy atom. The maximum absolute atomic E-state index is 12.7. The molecule has 0 saturated carbocycles. The Hall–Kier alpha value is -1.59. The van der Waals surface area contributed by atoms with Crippen LogP contribution in [0.3, 0.4) is 0 Å². The molecule has 2 rings (SSSR count). The van der Waals surface area contributed by atoms with Gasteiger partial charge >= 0.3 is 0 Å². The SMILES string of the molecule is COCCOc1ccc(C(=O)N2CCC[C@H](C)[C@H]2CN)cc1. The number of piperidine rings is 1. The average molecular weight is 306 g/mol. The van der Waals surface area contributed by atoms with Crippen LogP contribution in [0.5, 0.6) is 5.75 Å². The van der Waals surface area contributed by atoms with Gasteiger partial charge in [-0.25, -0.2) is 0 Å². The van der Waals surface area contributed by atoms with Crippen molar-refractivity contribution in [2.24, 2.45) is 11.7 Å². The van der Waals surface area contributed by atoms with Crippen molar-refractivity contribution in [2.45, 2.75) is 25.8 Å². The number of nitrogens with zero attached hydrogens (tertiary/aromatic N) is 1. The van der Waals surface area contributed by atoms with Crippen LogP contribution in [0, 0.1) is 5.92 Å². The van der Waals surface area contributed by atoms with Gasteiger partial charge in [-0.15, -0.1) is 0 Å². The number of carbonyl (C=O) groups excluding carboxylic acids is 1. The molecule has 1 amide bonds. The monoisotopic (exact) mass is 306 g/mol. The maximum Gasteiger partial charge on any atom is 0.254 e. The van der Waals surface area contributed by atoms with Gasteiger partial charge in [0.05, 0.1) is 6.61 Å². The van der Waals surface area contributed by atoms with Crippen LogP contribution < -0.4 is 10.5 Å². The van der Waals surface area contributed by atoms with Gasteiger partial charge in [0.15, 0.2) is 0 Å². The summed E-state index contributed by atoms with van der Waals surface area (Å²) in [4.78, 5) is 14.6. The third-order valence-electron chi connectivity index (χ3n) is 4.28. The molecule has 5 nitrogen and oxygen atoms in total. The minimum absolute atomic E-state index is 0.0606. The fraction of sp³-hybridized carbons (Fsp3) is 0.588. The highest BCUT2D eigenvalue weighted by Crippen LogP contribution is 2.25. The molecular formula is C17H26N2O3. The van der Waals surface area contributed by atoms with E-state index in [1.807, 2.05) is 29.2 Å². The Balaban J connectivity index is 2.02. The molecule has 1 aromatic rings. The molecule has 1 saturated heterocycles. The van der Waals surface area contributed by atoms with Crippen LogP contribution in [0.25, 0.3) is 0 Å². The van der Waals surface area contributed by atoms with Gasteiger partial charge in [0, 0.05) is 31.8 Å². The predicted octanol–water partition coefficient (Wildman–Crippen LogP) is 1.91. The summed E-state index contributed by atoms with van der Waals surface area (Å²) >= 11 is 0. The summed E-state index contributed by atoms with van der Waals surface area (Å²) in [6, 6.07) is 7.43. The van der Waals surface area contributed by atoms with Crippen LogP contribution in [0.15, 0.2) is 24.3 Å². The Morgan fingerprint density at radius 2 is 2.05 bits per heavy atom. The smallest absolute Gasteiger partial charge is 0.254 e. The first-order valence-electron chi connectivity index (χ1n) is 7.90. The number of benzene rings is 1. The fourth-order valence-corrected chi connectivity index (χ4v) is 2.96. The van der Waals surface area contributed by atoms with Gasteiger partial charge < -0.3 is 20.1 Å². The highest BCUT2D eigenvalue weighted by molar-refractivity contribution is 5.94. The molecule has 0 radical (unpaired) electrons. The van der Waals surface area contributed by atoms with E-state index in [-0.39, 0.29) is 11.9 Å². The zero-order valence-corrected chi connectivity index (χ0v) is 13.5. The average Bonchev–Trinajstić information content (AvgIpc) is 2.55. The van der Waals surface area contributed by atoms with Gasteiger partial charge in [0.25, 0.3) is 5.91 Å². The van der Waals surface area contributed by atoms with Gasteiger partial charge in [-0.3, -0.25) is 4.79 Å². The summed E-state index contributed by atoms with van der Waals surface area (Å²) in [6.45, 7) is 4.53. The van der Waals surface area contributed by atoms with Crippen molar-refractivity contribution in [3.8, 4) is 5.75 Å². The molecular weight excluding hydrogens is 280 g/mol. The Labute approximate surface area is 132 Å². The highest BCUT2D eigenvalue weighted by atomic mass is 16.5. The number of carbonyl (C=O) groups is 1. The molecule has 1 aromatic carbocycles. The molecule has 0 bridgehead atoms. The standard InChI is InChI=1S/C17H26N2O3/c1-13-4-3-9-19(16(13)12-18)17(20)14-5-7-15(8-6-14)22-11-10-21-2/h5-8,13,16H,3-4,9-12,18H2,1-2H3/t13-,16+/m0/s1. The lowest BCUT2D eigenvalue weighted by Gasteiger charge is -2.39. The first-order chi connectivity index (χ1) is 10.7. The van der Waals surface area contributed by atoms with Gasteiger partial charge in [0.2, 0.25) is 0 Å². The number of ether oxygens (including phenoxy) is 2. The van der Waals surface area contributed by atoms with Crippen LogP contribution in [0.4, 0.5) is 0 Å². The van der Waals surface area contributed by atoms with Crippen molar-refractivity contribution in [3.63, 3.8) is 0 Å². The van der Waals surface area contributed by atoms with Gasteiger partial charge in [-0.05, 0) is 43.0 Å². The van der Waals surface area contributed by atoms with E-state index in [4.69, 9.17) is 15.2 Å². The summed E-state index contributed by atoms with van der Waals surface area (Å²) in [5.74, 6) is 1.26. The first-order valence-corrected chi connectivity index (χ1v) is 7.90. The van der Waals surface area contributed by atoms with Crippen LogP contribution in [-0.4, -0.2) is 50.3 Å². The van der Waals surface area contributed by atoms with Gasteiger partial charge in [-0.2, -0.15) is 0 Å². The number of methoxy groups -OCH3 is 1. The van der Waals surface area contributed by atoms with Crippen LogP contribution in [0.2, 0.25) is 0 Å². The summed E-state index contributed by atoms with van der Waals surface area (Å²) in [6.07, 6.45) is 2.18. The Bertz CT molecular complexity index is 475. The lowest BCUT2D eigenvalue weighted by atomic mass is 9.90. The number of likely N-dealkylation sites (tertiary alicyclic amines) is 1. The Morgan fingerprint density at radius 3 is 2.68 bits per heavy atom. The number of hydrogen-bond acceptors (Lipinski definition) is 4. The summed E-state index contributed by atoms with van der Waals surface area (Å²) in [5.41, 5.74) is 6.55. The fourth-order valence-electron chi connectivity index (χ4n) is 2.96. The topological polar surface area (TPSA) is 64.8 Å². The molecule has 1 fully saturated rings. The largest absolute Gasteiger partial charge is 0.491 e. The van der Waals surface area contributed by atoms with E-state index < -0.39 is 0 Å². The van der Waals surface area contributed by atoms with Crippen LogP contribution >= 0.6 is 0 Å². The molecule has 1 aliphatic heterocycles. The van der Waals surface area contributed by atoms with E-state index in [0.29, 0.717) is 31.2 Å². The molecule has 5 heteroatoms. The van der Waals surface area contributed by atoms with Gasteiger partial charge in [0.1, 0.15) is 12.4 Å². The lowest BCUT2D eigenvalue weighted by molar-refractivity contribution is 0.0532. The Kier molecular flexibility index (Phi) is 6.21. The molecule has 1 aliphatic rings. The summed E-state index contributed by atoms with van der Waals surface area (Å²) < 4.78 is 10.5. The number of rotatable bonds is 6. The van der Waals surface area contributed by atoms with Crippen LogP contribution in [-0.2, 0) is 4.74 Å². The molecule has 0 aliphatic carbocycles. The number of hydrogen-bond donors (Lipinski definition) is 1. The van der Waals surface area contributed by atoms with E-state index >= 15 is 0 Å². The highest BCUT2D eigenvalue weighted by Gasteiger charge is 2.31. The lowest BCUT2D eigenvalue weighted by Crippen LogP contribution is -2.51. The normalized spacial score (nSPS) is 21.7. The van der Waals surface area contributed by atoms with Crippen molar-refractivity contribution in [3.05, 3.63) is 29.8 Å². The van der Waals surface area contributed by atoms with Gasteiger partial charge in [-0.1, -0.05) is 6.92 Å². The molecule has 122 valence electrons. The van der Waals surface area contributed by atoms with E-state index in [0.717, 1.165) is 25.1 Å². The zero-order chi connectivity index (χ0) is 15.9. The van der Waals surface area contributed by atoms with E-state index in [9.17, 15) is 4.79 Å². The quantitative estimate of drug-likeness (QED) is 0.815. The molecule has 22 heavy (non-hydrogen) atoms. The third kappa shape index (κ3) is 3.99. The molecule has 2 atom stereocenters. The summed E-state index contributed by atoms with van der Waals surface area (Å²) in [5, 5.41) is 0. The molecule has 0 aromatic heterocycles. The van der Waals surface area contributed by atoms with Crippen molar-refractivity contribution >= 4 is 5.91 Å². The number of amides is 1. The molecule has 0 spiro atoms. The molecule has 1 heterocycles. The molecule has 0 unspecified atom stereocenters. The van der Waals surface area contributed by atoms with E-state index in [2.05, 4.69) is 6.92 Å². The second-order valence-electron chi connectivity index (χ2n) is 5.79. The second-order valence-corrected chi connectivity index (χ2v) is 5.79. The van der Waals surface area contributed by atoms with Crippen molar-refractivity contribution in [1.82, 2.24) is 4.90 Å². The minimum atomic E-state index is 0.0606. The van der Waals surface area contributed by atoms with E-state index in [1.165, 1.54) is 0 Å². The molecule has 2 N–H and O–H groups in total. The minimum Gasteiger partial charge on any atom is -0.491 e. The van der Waals surface area contributed by atoms with Crippen LogP contribution in [0.1, 0.15) is 30.1 Å². The first kappa shape index (κ1) is 16.8. The summed E-state index contributed by atoms with van der Waals surface area (Å²) in [7, 11) is 1.64. The van der Waals surface area contributed by atoms with Crippen molar-refractivity contribution in [1.29, 1.82) is 0 Å². The third-order valence-corrected chi connectivity index (χ3v) is 4.28. The number of nitrogens with two attached hydrogens (primary N) is 1. The zero-order valence-electron chi connectivity index (χ0n) is 13.5. The predicted molar refractivity (Wildman–Crippen MR) is 86.1 cm³/mol. The van der Waals surface area contributed by atoms with E-state index in [1.54, 1.807) is 7.11 Å². The van der Waals surface area contributed by atoms with Crippen molar-refractivity contribution in [2.75, 3.05) is 33.4 Å². The maximum atomic E-state index is 12.7.